The van der Waals surface area contributed by atoms with Crippen LogP contribution in [0.3, 0.4) is 0 Å². The maximum atomic E-state index is 12.0. The van der Waals surface area contributed by atoms with Gasteiger partial charge in [0.2, 0.25) is 15.9 Å². The minimum Gasteiger partial charge on any atom is -0.494 e. The molecule has 6 nitrogen and oxygen atoms in total. The van der Waals surface area contributed by atoms with Gasteiger partial charge in [0.05, 0.1) is 12.6 Å². The van der Waals surface area contributed by atoms with Gasteiger partial charge in [0.1, 0.15) is 11.0 Å². The van der Waals surface area contributed by atoms with Gasteiger partial charge in [0, 0.05) is 13.0 Å². The first-order chi connectivity index (χ1) is 10.3. The van der Waals surface area contributed by atoms with Crippen LogP contribution in [0.15, 0.2) is 24.3 Å². The molecule has 1 aliphatic heterocycles. The second kappa shape index (κ2) is 6.66. The lowest BCUT2D eigenvalue weighted by molar-refractivity contribution is -0.129. The topological polar surface area (TPSA) is 89.7 Å². The highest BCUT2D eigenvalue weighted by atomic mass is 32.2. The molecule has 1 heterocycles. The van der Waals surface area contributed by atoms with E-state index in [4.69, 9.17) is 9.88 Å². The van der Waals surface area contributed by atoms with Crippen molar-refractivity contribution in [1.82, 2.24) is 4.90 Å². The van der Waals surface area contributed by atoms with Gasteiger partial charge >= 0.3 is 0 Å². The van der Waals surface area contributed by atoms with Crippen LogP contribution < -0.4 is 9.88 Å². The molecular weight excluding hydrogens is 304 g/mol. The number of amides is 1. The fraction of sp³-hybridized carbons (Fsp3) is 0.533. The first kappa shape index (κ1) is 16.8. The number of likely N-dealkylation sites (tertiary alicyclic amines) is 1. The third-order valence-electron chi connectivity index (χ3n) is 3.89. The largest absolute Gasteiger partial charge is 0.494 e. The van der Waals surface area contributed by atoms with E-state index in [2.05, 4.69) is 0 Å². The minimum atomic E-state index is -3.68. The van der Waals surface area contributed by atoms with E-state index < -0.39 is 15.3 Å². The quantitative estimate of drug-likeness (QED) is 0.856. The summed E-state index contributed by atoms with van der Waals surface area (Å²) in [7, 11) is -3.68. The molecule has 1 fully saturated rings. The summed E-state index contributed by atoms with van der Waals surface area (Å²) in [5.74, 6) is 0.603. The third kappa shape index (κ3) is 3.78. The van der Waals surface area contributed by atoms with Gasteiger partial charge in [-0.25, -0.2) is 13.6 Å². The van der Waals surface area contributed by atoms with Gasteiger partial charge in [0.15, 0.2) is 0 Å². The van der Waals surface area contributed by atoms with E-state index >= 15 is 0 Å². The monoisotopic (exact) mass is 326 g/mol. The highest BCUT2D eigenvalue weighted by Gasteiger charge is 2.38. The maximum Gasteiger partial charge on any atom is 0.224 e. The zero-order valence-electron chi connectivity index (χ0n) is 12.9. The Labute approximate surface area is 131 Å². The molecule has 0 saturated carbocycles. The molecule has 1 amide bonds. The van der Waals surface area contributed by atoms with Crippen LogP contribution in [-0.4, -0.2) is 37.6 Å². The SMILES string of the molecule is CCCOc1ccc(C(C)N2CC(S(N)(=O)=O)CC2=O)cc1. The number of sulfonamides is 1. The Kier molecular flexibility index (Phi) is 5.08. The van der Waals surface area contributed by atoms with E-state index in [0.717, 1.165) is 17.7 Å². The second-order valence-electron chi connectivity index (χ2n) is 5.55. The molecule has 0 aromatic heterocycles. The summed E-state index contributed by atoms with van der Waals surface area (Å²) in [5, 5.41) is 4.34. The van der Waals surface area contributed by atoms with Gasteiger partial charge < -0.3 is 9.64 Å². The van der Waals surface area contributed by atoms with Gasteiger partial charge in [-0.2, -0.15) is 0 Å². The number of carbonyl (C=O) groups excluding carboxylic acids is 1. The van der Waals surface area contributed by atoms with Crippen LogP contribution in [0.1, 0.15) is 38.3 Å². The highest BCUT2D eigenvalue weighted by molar-refractivity contribution is 7.89. The molecule has 22 heavy (non-hydrogen) atoms. The van der Waals surface area contributed by atoms with E-state index in [1.165, 1.54) is 0 Å². The molecule has 0 spiro atoms. The molecule has 2 N–H and O–H groups in total. The highest BCUT2D eigenvalue weighted by Crippen LogP contribution is 2.28. The van der Waals surface area contributed by atoms with Gasteiger partial charge in [0.25, 0.3) is 0 Å². The van der Waals surface area contributed by atoms with Crippen molar-refractivity contribution < 1.29 is 17.9 Å². The van der Waals surface area contributed by atoms with Crippen molar-refractivity contribution >= 4 is 15.9 Å². The number of benzene rings is 1. The normalized spacial score (nSPS) is 20.2. The van der Waals surface area contributed by atoms with Crippen molar-refractivity contribution in [2.45, 2.75) is 38.0 Å². The Morgan fingerprint density at radius 3 is 2.50 bits per heavy atom. The number of hydrogen-bond donors (Lipinski definition) is 1. The third-order valence-corrected chi connectivity index (χ3v) is 5.14. The Hall–Kier alpha value is -1.60. The molecule has 122 valence electrons. The summed E-state index contributed by atoms with van der Waals surface area (Å²) in [5.41, 5.74) is 0.937. The number of nitrogens with zero attached hydrogens (tertiary/aromatic N) is 1. The molecule has 1 aromatic carbocycles. The number of ether oxygens (including phenoxy) is 1. The molecule has 1 saturated heterocycles. The Bertz CT molecular complexity index is 627. The summed E-state index contributed by atoms with van der Waals surface area (Å²) in [6.07, 6.45) is 0.899. The number of nitrogens with two attached hydrogens (primary N) is 1. The van der Waals surface area contributed by atoms with Gasteiger partial charge in [-0.1, -0.05) is 19.1 Å². The summed E-state index contributed by atoms with van der Waals surface area (Å²) in [6, 6.07) is 7.32. The molecule has 7 heteroatoms. The van der Waals surface area contributed by atoms with Gasteiger partial charge in [-0.3, -0.25) is 4.79 Å². The average Bonchev–Trinajstić information content (AvgIpc) is 2.87. The summed E-state index contributed by atoms with van der Waals surface area (Å²) in [4.78, 5) is 13.6. The van der Waals surface area contributed by atoms with E-state index in [1.54, 1.807) is 4.90 Å². The second-order valence-corrected chi connectivity index (χ2v) is 7.40. The Balaban J connectivity index is 2.08. The molecule has 0 bridgehead atoms. The first-order valence-electron chi connectivity index (χ1n) is 7.36. The average molecular weight is 326 g/mol. The fourth-order valence-corrected chi connectivity index (χ4v) is 3.28. The summed E-state index contributed by atoms with van der Waals surface area (Å²) >= 11 is 0. The molecular formula is C15H22N2O4S. The van der Waals surface area contributed by atoms with Crippen LogP contribution in [0.25, 0.3) is 0 Å². The molecule has 0 radical (unpaired) electrons. The maximum absolute atomic E-state index is 12.0. The predicted molar refractivity (Wildman–Crippen MR) is 83.9 cm³/mol. The number of rotatable bonds is 6. The lowest BCUT2D eigenvalue weighted by Gasteiger charge is -2.25. The van der Waals surface area contributed by atoms with Crippen LogP contribution in [0, 0.1) is 0 Å². The number of hydrogen-bond acceptors (Lipinski definition) is 4. The van der Waals surface area contributed by atoms with E-state index in [9.17, 15) is 13.2 Å². The van der Waals surface area contributed by atoms with Gasteiger partial charge in [-0.15, -0.1) is 0 Å². The van der Waals surface area contributed by atoms with Crippen LogP contribution in [-0.2, 0) is 14.8 Å². The molecule has 0 aliphatic carbocycles. The van der Waals surface area contributed by atoms with Crippen LogP contribution in [0.4, 0.5) is 0 Å². The van der Waals surface area contributed by atoms with Crippen molar-refractivity contribution in [2.24, 2.45) is 5.14 Å². The van der Waals surface area contributed by atoms with Crippen LogP contribution in [0.2, 0.25) is 0 Å². The summed E-state index contributed by atoms with van der Waals surface area (Å²) in [6.45, 7) is 4.73. The number of primary sulfonamides is 1. The van der Waals surface area contributed by atoms with Crippen molar-refractivity contribution in [3.05, 3.63) is 29.8 Å². The molecule has 2 atom stereocenters. The van der Waals surface area contributed by atoms with Gasteiger partial charge in [-0.05, 0) is 31.0 Å². The van der Waals surface area contributed by atoms with Crippen molar-refractivity contribution in [2.75, 3.05) is 13.2 Å². The molecule has 1 aromatic rings. The summed E-state index contributed by atoms with van der Waals surface area (Å²) < 4.78 is 28.3. The van der Waals surface area contributed by atoms with Crippen molar-refractivity contribution in [3.63, 3.8) is 0 Å². The molecule has 1 aliphatic rings. The first-order valence-corrected chi connectivity index (χ1v) is 8.97. The smallest absolute Gasteiger partial charge is 0.224 e. The Morgan fingerprint density at radius 1 is 1.36 bits per heavy atom. The van der Waals surface area contributed by atoms with Crippen molar-refractivity contribution in [1.29, 1.82) is 0 Å². The fourth-order valence-electron chi connectivity index (χ4n) is 2.53. The van der Waals surface area contributed by atoms with E-state index in [1.807, 2.05) is 38.1 Å². The van der Waals surface area contributed by atoms with Crippen molar-refractivity contribution in [3.8, 4) is 5.75 Å². The lowest BCUT2D eigenvalue weighted by atomic mass is 10.1. The van der Waals surface area contributed by atoms with Crippen LogP contribution >= 0.6 is 0 Å². The zero-order chi connectivity index (χ0) is 16.3. The van der Waals surface area contributed by atoms with E-state index in [-0.39, 0.29) is 24.9 Å². The Morgan fingerprint density at radius 2 is 2.00 bits per heavy atom. The lowest BCUT2D eigenvalue weighted by Crippen LogP contribution is -2.33. The zero-order valence-corrected chi connectivity index (χ0v) is 13.7. The van der Waals surface area contributed by atoms with E-state index in [0.29, 0.717) is 6.61 Å². The molecule has 2 unspecified atom stereocenters. The number of carbonyl (C=O) groups is 1. The predicted octanol–water partition coefficient (Wildman–Crippen LogP) is 1.43. The van der Waals surface area contributed by atoms with Crippen LogP contribution in [0.5, 0.6) is 5.75 Å². The minimum absolute atomic E-state index is 0.0408. The molecule has 2 rings (SSSR count). The standard InChI is InChI=1S/C15H22N2O4S/c1-3-8-21-13-6-4-12(5-7-13)11(2)17-10-14(9-15(17)18)22(16,19)20/h4-7,11,14H,3,8-10H2,1-2H3,(H2,16,19,20).